The van der Waals surface area contributed by atoms with Gasteiger partial charge in [0, 0.05) is 11.2 Å². The van der Waals surface area contributed by atoms with Gasteiger partial charge in [-0.05, 0) is 56.4 Å². The lowest BCUT2D eigenvalue weighted by Gasteiger charge is -2.48. The third kappa shape index (κ3) is 2.34. The Hall–Kier alpha value is -1.47. The first-order valence-electron chi connectivity index (χ1n) is 7.56. The van der Waals surface area contributed by atoms with Crippen molar-refractivity contribution in [1.82, 2.24) is 0 Å². The summed E-state index contributed by atoms with van der Waals surface area (Å²) in [6.07, 6.45) is 1.12. The van der Waals surface area contributed by atoms with Crippen LogP contribution in [0.2, 0.25) is 5.02 Å². The molecule has 0 aromatic heterocycles. The number of hydrogen-bond donors (Lipinski definition) is 0. The second kappa shape index (κ2) is 5.06. The van der Waals surface area contributed by atoms with Gasteiger partial charge in [0.1, 0.15) is 0 Å². The third-order valence-electron chi connectivity index (χ3n) is 4.53. The molecule has 0 N–H and O–H groups in total. The number of benzene rings is 2. The molecule has 1 aliphatic heterocycles. The van der Waals surface area contributed by atoms with Gasteiger partial charge in [0.05, 0.1) is 10.7 Å². The maximum atomic E-state index is 6.50. The average molecular weight is 300 g/mol. The first-order valence-corrected chi connectivity index (χ1v) is 7.94. The first kappa shape index (κ1) is 14.5. The van der Waals surface area contributed by atoms with Crippen molar-refractivity contribution in [2.24, 2.45) is 0 Å². The zero-order chi connectivity index (χ0) is 15.2. The van der Waals surface area contributed by atoms with E-state index in [-0.39, 0.29) is 5.54 Å². The van der Waals surface area contributed by atoms with Gasteiger partial charge in [-0.3, -0.25) is 0 Å². The zero-order valence-electron chi connectivity index (χ0n) is 13.2. The maximum Gasteiger partial charge on any atom is 0.0643 e. The van der Waals surface area contributed by atoms with Gasteiger partial charge in [0.25, 0.3) is 0 Å². The molecule has 0 bridgehead atoms. The zero-order valence-corrected chi connectivity index (χ0v) is 13.9. The standard InChI is InChI=1S/C19H22ClN/c1-13-8-7-9-15-14(2)12-19(3,4)21(18(13)15)17-11-6-5-10-16(17)20/h5-11,14H,12H2,1-4H3. The van der Waals surface area contributed by atoms with Crippen LogP contribution in [0.3, 0.4) is 0 Å². The molecule has 1 atom stereocenters. The monoisotopic (exact) mass is 299 g/mol. The molecule has 1 unspecified atom stereocenters. The van der Waals surface area contributed by atoms with Crippen molar-refractivity contribution >= 4 is 23.0 Å². The topological polar surface area (TPSA) is 3.24 Å². The summed E-state index contributed by atoms with van der Waals surface area (Å²) in [5.74, 6) is 0.564. The molecule has 1 aliphatic rings. The number of anilines is 2. The van der Waals surface area contributed by atoms with E-state index in [4.69, 9.17) is 11.6 Å². The molecule has 3 rings (SSSR count). The fourth-order valence-electron chi connectivity index (χ4n) is 3.72. The number of para-hydroxylation sites is 2. The minimum atomic E-state index is 0.0452. The summed E-state index contributed by atoms with van der Waals surface area (Å²) in [5, 5.41) is 0.814. The van der Waals surface area contributed by atoms with Crippen LogP contribution in [0.15, 0.2) is 42.5 Å². The molecule has 21 heavy (non-hydrogen) atoms. The average Bonchev–Trinajstić information content (AvgIpc) is 2.41. The Morgan fingerprint density at radius 1 is 1.10 bits per heavy atom. The van der Waals surface area contributed by atoms with Crippen molar-refractivity contribution < 1.29 is 0 Å². The Morgan fingerprint density at radius 3 is 2.52 bits per heavy atom. The van der Waals surface area contributed by atoms with Gasteiger partial charge in [-0.1, -0.05) is 48.9 Å². The molecular weight excluding hydrogens is 278 g/mol. The van der Waals surface area contributed by atoms with Crippen LogP contribution < -0.4 is 4.90 Å². The third-order valence-corrected chi connectivity index (χ3v) is 4.85. The van der Waals surface area contributed by atoms with E-state index in [1.165, 1.54) is 16.8 Å². The van der Waals surface area contributed by atoms with Crippen molar-refractivity contribution in [3.05, 3.63) is 58.6 Å². The van der Waals surface area contributed by atoms with Gasteiger partial charge in [0.2, 0.25) is 0 Å². The SMILES string of the molecule is Cc1cccc2c1N(c1ccccc1Cl)C(C)(C)CC2C. The number of nitrogens with zero attached hydrogens (tertiary/aromatic N) is 1. The molecule has 1 nitrogen and oxygen atoms in total. The van der Waals surface area contributed by atoms with Crippen LogP contribution in [0, 0.1) is 6.92 Å². The van der Waals surface area contributed by atoms with E-state index >= 15 is 0 Å². The van der Waals surface area contributed by atoms with Crippen LogP contribution >= 0.6 is 11.6 Å². The molecule has 2 aromatic rings. The fourth-order valence-corrected chi connectivity index (χ4v) is 3.94. The predicted octanol–water partition coefficient (Wildman–Crippen LogP) is 6.07. The highest BCUT2D eigenvalue weighted by atomic mass is 35.5. The lowest BCUT2D eigenvalue weighted by molar-refractivity contribution is 0.408. The van der Waals surface area contributed by atoms with Gasteiger partial charge < -0.3 is 4.90 Å². The smallest absolute Gasteiger partial charge is 0.0643 e. The summed E-state index contributed by atoms with van der Waals surface area (Å²) in [6, 6.07) is 14.8. The van der Waals surface area contributed by atoms with E-state index in [0.717, 1.165) is 17.1 Å². The quantitative estimate of drug-likeness (QED) is 0.617. The molecule has 2 heteroatoms. The Labute approximate surface area is 132 Å². The van der Waals surface area contributed by atoms with Gasteiger partial charge in [-0.25, -0.2) is 0 Å². The van der Waals surface area contributed by atoms with Crippen molar-refractivity contribution in [3.63, 3.8) is 0 Å². The van der Waals surface area contributed by atoms with E-state index in [1.54, 1.807) is 0 Å². The molecule has 0 amide bonds. The summed E-state index contributed by atoms with van der Waals surface area (Å²) in [5.41, 5.74) is 5.21. The molecule has 110 valence electrons. The number of fused-ring (bicyclic) bond motifs is 1. The van der Waals surface area contributed by atoms with E-state index in [1.807, 2.05) is 12.1 Å². The van der Waals surface area contributed by atoms with Crippen LogP contribution in [0.1, 0.15) is 44.2 Å². The predicted molar refractivity (Wildman–Crippen MR) is 91.9 cm³/mol. The lowest BCUT2D eigenvalue weighted by Crippen LogP contribution is -2.45. The Bertz CT molecular complexity index is 675. The normalized spacial score (nSPS) is 20.2. The van der Waals surface area contributed by atoms with E-state index in [9.17, 15) is 0 Å². The van der Waals surface area contributed by atoms with Crippen LogP contribution in [-0.4, -0.2) is 5.54 Å². The number of aryl methyl sites for hydroxylation is 1. The summed E-state index contributed by atoms with van der Waals surface area (Å²) < 4.78 is 0. The number of rotatable bonds is 1. The van der Waals surface area contributed by atoms with Crippen LogP contribution in [0.4, 0.5) is 11.4 Å². The van der Waals surface area contributed by atoms with Gasteiger partial charge >= 0.3 is 0 Å². The van der Waals surface area contributed by atoms with Gasteiger partial charge in [-0.15, -0.1) is 0 Å². The number of hydrogen-bond acceptors (Lipinski definition) is 1. The van der Waals surface area contributed by atoms with Crippen molar-refractivity contribution in [3.8, 4) is 0 Å². The van der Waals surface area contributed by atoms with E-state index < -0.39 is 0 Å². The van der Waals surface area contributed by atoms with Crippen molar-refractivity contribution in [2.75, 3.05) is 4.90 Å². The molecule has 0 saturated carbocycles. The Morgan fingerprint density at radius 2 is 1.81 bits per heavy atom. The largest absolute Gasteiger partial charge is 0.334 e. The Kier molecular flexibility index (Phi) is 3.49. The van der Waals surface area contributed by atoms with Crippen molar-refractivity contribution in [1.29, 1.82) is 0 Å². The summed E-state index contributed by atoms with van der Waals surface area (Å²) in [7, 11) is 0. The minimum absolute atomic E-state index is 0.0452. The van der Waals surface area contributed by atoms with E-state index in [0.29, 0.717) is 5.92 Å². The fraction of sp³-hybridized carbons (Fsp3) is 0.368. The van der Waals surface area contributed by atoms with Crippen LogP contribution in [0.5, 0.6) is 0 Å². The molecule has 1 heterocycles. The van der Waals surface area contributed by atoms with E-state index in [2.05, 4.69) is 62.9 Å². The highest BCUT2D eigenvalue weighted by molar-refractivity contribution is 6.33. The molecule has 0 aliphatic carbocycles. The summed E-state index contributed by atoms with van der Waals surface area (Å²) in [4.78, 5) is 2.43. The van der Waals surface area contributed by atoms with Crippen LogP contribution in [0.25, 0.3) is 0 Å². The molecule has 0 fully saturated rings. The molecule has 2 aromatic carbocycles. The number of halogens is 1. The second-order valence-corrected chi connectivity index (χ2v) is 7.12. The molecule has 0 spiro atoms. The van der Waals surface area contributed by atoms with Gasteiger partial charge in [0.15, 0.2) is 0 Å². The maximum absolute atomic E-state index is 6.50. The highest BCUT2D eigenvalue weighted by Gasteiger charge is 2.38. The lowest BCUT2D eigenvalue weighted by atomic mass is 9.78. The molecular formula is C19H22ClN. The molecule has 0 radical (unpaired) electrons. The second-order valence-electron chi connectivity index (χ2n) is 6.72. The highest BCUT2D eigenvalue weighted by Crippen LogP contribution is 2.49. The summed E-state index contributed by atoms with van der Waals surface area (Å²) in [6.45, 7) is 9.13. The Balaban J connectivity index is 2.28. The first-order chi connectivity index (χ1) is 9.92. The molecule has 0 saturated heterocycles. The summed E-state index contributed by atoms with van der Waals surface area (Å²) >= 11 is 6.50. The van der Waals surface area contributed by atoms with Gasteiger partial charge in [-0.2, -0.15) is 0 Å². The van der Waals surface area contributed by atoms with Crippen LogP contribution in [-0.2, 0) is 0 Å². The van der Waals surface area contributed by atoms with Crippen molar-refractivity contribution in [2.45, 2.75) is 45.6 Å². The minimum Gasteiger partial charge on any atom is -0.334 e.